The molecule has 0 spiro atoms. The van der Waals surface area contributed by atoms with Gasteiger partial charge in [-0.1, -0.05) is 133 Å². The molecule has 30 heteroatoms. The molecule has 3 aromatic heterocycles. The van der Waals surface area contributed by atoms with Gasteiger partial charge in [-0.05, 0) is 76.6 Å². The molecule has 0 saturated heterocycles. The van der Waals surface area contributed by atoms with Crippen molar-refractivity contribution in [3.8, 4) is 16.9 Å². The minimum Gasteiger partial charge on any atom is -0.508 e. The third-order valence-corrected chi connectivity index (χ3v) is 18.7. The van der Waals surface area contributed by atoms with Crippen LogP contribution in [-0.4, -0.2) is 136 Å². The number of esters is 1. The van der Waals surface area contributed by atoms with E-state index in [-0.39, 0.29) is 78.1 Å². The lowest BCUT2D eigenvalue weighted by Gasteiger charge is -2.27. The highest BCUT2D eigenvalue weighted by Crippen LogP contribution is 2.44. The molecule has 7 aromatic rings. The Kier molecular flexibility index (Phi) is 27.0. The van der Waals surface area contributed by atoms with E-state index in [0.717, 1.165) is 56.3 Å². The number of ether oxygens (including phenoxy) is 2. The molecule has 100 heavy (non-hydrogen) atoms. The van der Waals surface area contributed by atoms with Gasteiger partial charge in [0.15, 0.2) is 5.69 Å². The molecule has 6 atom stereocenters. The Hall–Kier alpha value is -10.5. The fraction of sp³-hybridized carbons (Fsp3) is 0.371. The van der Waals surface area contributed by atoms with Crippen molar-refractivity contribution >= 4 is 99.2 Å². The Morgan fingerprint density at radius 3 is 1.62 bits per heavy atom. The topological polar surface area (TPSA) is 399 Å². The number of alkyl carbamates (subject to hydrolysis) is 1. The van der Waals surface area contributed by atoms with E-state index in [2.05, 4.69) is 62.8 Å². The number of rotatable bonds is 34. The summed E-state index contributed by atoms with van der Waals surface area (Å²) in [5.41, 5.74) is 10.9. The van der Waals surface area contributed by atoms with Crippen LogP contribution in [0.3, 0.4) is 0 Å². The summed E-state index contributed by atoms with van der Waals surface area (Å²) in [6.45, 7) is 11.2. The predicted molar refractivity (Wildman–Crippen MR) is 373 cm³/mol. The molecule has 0 radical (unpaired) electrons. The van der Waals surface area contributed by atoms with Gasteiger partial charge in [-0.2, -0.15) is 0 Å². The number of phenols is 1. The Balaban J connectivity index is 0.854. The van der Waals surface area contributed by atoms with Crippen molar-refractivity contribution in [2.75, 3.05) is 32.8 Å². The summed E-state index contributed by atoms with van der Waals surface area (Å²) >= 11 is 3.24. The standard InChI is InChI=1S/C70H81N13O14S3/c1-8-96-69(94)54-36-99-67(81-54)51(29-55(71)85)78-61(89)48(28-41-22-24-42(84)25-23-41)75-63(91)52-34-98-66(79-52)50(26-37(2)3)77-64(92)53-35-100-68(80-53)60(39(6)7)83-62(90)49(27-40-16-10-9-11-17-40)76-65(93)59(38(4)5)82-58(88)32-73-56(86)30-72-57(87)31-74-70(95)97-33-47-45-20-14-12-18-43(45)44-19-13-15-21-46(44)47/h9-25,34-39,47-51,59-60,84H,8,26-33H2,1-7H3,(H2,71,85)(H,72,87)(H,73,86)(H,74,95)(H,75,91)(H,76,93)(H,77,92)(H,78,89)(H,82,88)(H,83,90)/t48-,49+,50-,51+,59+,60+/m1/s1. The van der Waals surface area contributed by atoms with Crippen LogP contribution in [0.2, 0.25) is 0 Å². The zero-order valence-corrected chi connectivity index (χ0v) is 58.5. The van der Waals surface area contributed by atoms with E-state index in [1.807, 2.05) is 76.2 Å². The van der Waals surface area contributed by atoms with Crippen LogP contribution in [0.4, 0.5) is 4.79 Å². The van der Waals surface area contributed by atoms with Gasteiger partial charge in [0.1, 0.15) is 63.4 Å². The monoisotopic (exact) mass is 1420 g/mol. The minimum absolute atomic E-state index is 0.0107. The van der Waals surface area contributed by atoms with E-state index in [1.54, 1.807) is 68.6 Å². The first kappa shape index (κ1) is 75.3. The highest BCUT2D eigenvalue weighted by atomic mass is 32.1. The summed E-state index contributed by atoms with van der Waals surface area (Å²) in [4.78, 5) is 161. The van der Waals surface area contributed by atoms with Crippen LogP contribution in [0.1, 0.15) is 154 Å². The predicted octanol–water partition coefficient (Wildman–Crippen LogP) is 5.98. The van der Waals surface area contributed by atoms with Gasteiger partial charge in [-0.3, -0.25) is 43.2 Å². The number of aromatic hydroxyl groups is 1. The van der Waals surface area contributed by atoms with Crippen molar-refractivity contribution in [1.29, 1.82) is 0 Å². The van der Waals surface area contributed by atoms with Gasteiger partial charge in [0.05, 0.1) is 44.2 Å². The van der Waals surface area contributed by atoms with E-state index >= 15 is 0 Å². The quantitative estimate of drug-likeness (QED) is 0.0207. The molecule has 4 aromatic carbocycles. The van der Waals surface area contributed by atoms with Gasteiger partial charge < -0.3 is 68.2 Å². The van der Waals surface area contributed by atoms with E-state index in [4.69, 9.17) is 15.2 Å². The number of nitrogens with zero attached hydrogens (tertiary/aromatic N) is 3. The van der Waals surface area contributed by atoms with Crippen molar-refractivity contribution in [2.45, 2.75) is 116 Å². The average Bonchev–Trinajstić information content (AvgIpc) is 1.62. The van der Waals surface area contributed by atoms with Crippen molar-refractivity contribution in [3.05, 3.63) is 174 Å². The summed E-state index contributed by atoms with van der Waals surface area (Å²) < 4.78 is 10.5. The molecule has 3 heterocycles. The van der Waals surface area contributed by atoms with Crippen molar-refractivity contribution in [2.24, 2.45) is 23.5 Å². The number of thiazole rings is 3. The number of hydrogen-bond donors (Lipinski definition) is 11. The van der Waals surface area contributed by atoms with Gasteiger partial charge in [-0.15, -0.1) is 34.0 Å². The maximum Gasteiger partial charge on any atom is 0.407 e. The van der Waals surface area contributed by atoms with Crippen LogP contribution in [-0.2, 0) is 55.9 Å². The van der Waals surface area contributed by atoms with Crippen LogP contribution in [0, 0.1) is 17.8 Å². The summed E-state index contributed by atoms with van der Waals surface area (Å²) in [7, 11) is 0. The lowest BCUT2D eigenvalue weighted by molar-refractivity contribution is -0.133. The number of aromatic nitrogens is 3. The summed E-state index contributed by atoms with van der Waals surface area (Å²) in [6.07, 6.45) is -0.863. The smallest absolute Gasteiger partial charge is 0.407 e. The normalized spacial score (nSPS) is 13.4. The molecule has 8 rings (SSSR count). The van der Waals surface area contributed by atoms with Crippen LogP contribution >= 0.6 is 34.0 Å². The lowest BCUT2D eigenvalue weighted by Crippen LogP contribution is -2.57. The van der Waals surface area contributed by atoms with Crippen LogP contribution in [0.15, 0.2) is 119 Å². The second-order valence-electron chi connectivity index (χ2n) is 24.7. The maximum absolute atomic E-state index is 14.5. The molecule has 12 N–H and O–H groups in total. The third kappa shape index (κ3) is 21.3. The zero-order chi connectivity index (χ0) is 72.2. The number of carbonyl (C=O) groups is 11. The first-order valence-electron chi connectivity index (χ1n) is 32.4. The SMILES string of the molecule is CCOC(=O)c1csc([C@H](CC(N)=O)NC(=O)[C@@H](Cc2ccc(O)cc2)NC(=O)c2csc([C@@H](CC(C)C)NC(=O)c3csc([C@@H](NC(=O)[C@H](Cc4ccccc4)NC(=O)[C@@H](NC(=O)CNC(=O)CNC(=O)CNC(=O)OCC4c5ccccc5-c5ccccc54)C(C)C)C(C)C)n3)n2)n1. The number of nitrogens with one attached hydrogen (secondary N) is 9. The van der Waals surface area contributed by atoms with Gasteiger partial charge in [0.2, 0.25) is 41.4 Å². The fourth-order valence-electron chi connectivity index (χ4n) is 10.9. The van der Waals surface area contributed by atoms with Gasteiger partial charge in [0, 0.05) is 34.9 Å². The van der Waals surface area contributed by atoms with E-state index in [9.17, 15) is 57.8 Å². The Bertz CT molecular complexity index is 4020. The van der Waals surface area contributed by atoms with E-state index in [1.165, 1.54) is 22.9 Å². The number of benzene rings is 4. The number of primary amides is 1. The highest BCUT2D eigenvalue weighted by molar-refractivity contribution is 7.10. The molecule has 0 unspecified atom stereocenters. The Morgan fingerprint density at radius 2 is 1.03 bits per heavy atom. The number of nitrogens with two attached hydrogens (primary N) is 1. The molecule has 1 aliphatic carbocycles. The zero-order valence-electron chi connectivity index (χ0n) is 56.1. The fourth-order valence-corrected chi connectivity index (χ4v) is 13.6. The van der Waals surface area contributed by atoms with Crippen LogP contribution in [0.25, 0.3) is 11.1 Å². The summed E-state index contributed by atoms with van der Waals surface area (Å²) in [5, 5.41) is 39.6. The molecule has 0 aliphatic heterocycles. The summed E-state index contributed by atoms with van der Waals surface area (Å²) in [5.74, 6) is -7.95. The number of fused-ring (bicyclic) bond motifs is 3. The number of hydrogen-bond acceptors (Lipinski definition) is 20. The van der Waals surface area contributed by atoms with Gasteiger partial charge >= 0.3 is 12.1 Å². The van der Waals surface area contributed by atoms with E-state index in [0.29, 0.717) is 27.6 Å². The highest BCUT2D eigenvalue weighted by Gasteiger charge is 2.35. The first-order chi connectivity index (χ1) is 47.8. The molecule has 528 valence electrons. The van der Waals surface area contributed by atoms with Crippen molar-refractivity contribution in [3.63, 3.8) is 0 Å². The number of carbonyl (C=O) groups excluding carboxylic acids is 11. The van der Waals surface area contributed by atoms with Crippen molar-refractivity contribution in [1.82, 2.24) is 62.8 Å². The molecule has 1 aliphatic rings. The largest absolute Gasteiger partial charge is 0.508 e. The van der Waals surface area contributed by atoms with Crippen molar-refractivity contribution < 1.29 is 67.3 Å². The molecular formula is C70H81N13O14S3. The average molecular weight is 1420 g/mol. The third-order valence-electron chi connectivity index (χ3n) is 15.9. The number of amides is 10. The Morgan fingerprint density at radius 1 is 0.520 bits per heavy atom. The molecule has 0 fully saturated rings. The minimum atomic E-state index is -1.28. The molecule has 10 amide bonds. The Labute approximate surface area is 589 Å². The molecule has 27 nitrogen and oxygen atoms in total. The van der Waals surface area contributed by atoms with Crippen LogP contribution < -0.4 is 53.6 Å². The molecule has 0 bridgehead atoms. The second-order valence-corrected chi connectivity index (χ2v) is 27.4. The molecule has 0 saturated carbocycles. The first-order valence-corrected chi connectivity index (χ1v) is 35.1. The van der Waals surface area contributed by atoms with Gasteiger partial charge in [-0.25, -0.2) is 24.5 Å². The second kappa shape index (κ2) is 35.9. The summed E-state index contributed by atoms with van der Waals surface area (Å²) in [6, 6.07) is 24.4. The van der Waals surface area contributed by atoms with Crippen LogP contribution in [0.5, 0.6) is 5.75 Å². The maximum atomic E-state index is 14.5. The van der Waals surface area contributed by atoms with E-state index < -0.39 is 127 Å². The molecular weight excluding hydrogens is 1340 g/mol. The lowest BCUT2D eigenvalue weighted by atomic mass is 9.98. The van der Waals surface area contributed by atoms with Gasteiger partial charge in [0.25, 0.3) is 11.8 Å². The number of phenolic OH excluding ortho intramolecular Hbond substituents is 1.